The number of likely N-dealkylation sites (N-methyl/N-ethyl adjacent to an activating group) is 1. The molecule has 0 atom stereocenters. The van der Waals surface area contributed by atoms with Crippen LogP contribution in [0, 0.1) is 0 Å². The minimum absolute atomic E-state index is 0.584. The molecule has 88 valence electrons. The summed E-state index contributed by atoms with van der Waals surface area (Å²) in [7, 11) is 4.03. The Morgan fingerprint density at radius 2 is 2.06 bits per heavy atom. The number of rotatable bonds is 4. The highest BCUT2D eigenvalue weighted by atomic mass is 16.6. The Balaban J connectivity index is 2.03. The van der Waals surface area contributed by atoms with Crippen molar-refractivity contribution in [3.8, 4) is 17.2 Å². The van der Waals surface area contributed by atoms with Gasteiger partial charge in [-0.3, -0.25) is 0 Å². The second kappa shape index (κ2) is 5.07. The quantitative estimate of drug-likeness (QED) is 0.772. The molecule has 0 aromatic heterocycles. The Labute approximate surface area is 95.7 Å². The van der Waals surface area contributed by atoms with Crippen LogP contribution in [0.25, 0.3) is 0 Å². The van der Waals surface area contributed by atoms with Crippen molar-refractivity contribution < 1.29 is 14.2 Å². The van der Waals surface area contributed by atoms with E-state index in [1.807, 2.05) is 32.3 Å². The number of ether oxygens (including phenoxy) is 3. The van der Waals surface area contributed by atoms with Crippen LogP contribution < -0.4 is 14.2 Å². The van der Waals surface area contributed by atoms with E-state index in [4.69, 9.17) is 14.2 Å². The summed E-state index contributed by atoms with van der Waals surface area (Å²) in [6, 6.07) is 5.72. The minimum atomic E-state index is 0.584. The van der Waals surface area contributed by atoms with Gasteiger partial charge in [-0.1, -0.05) is 6.07 Å². The van der Waals surface area contributed by atoms with Crippen molar-refractivity contribution in [1.29, 1.82) is 0 Å². The van der Waals surface area contributed by atoms with Gasteiger partial charge in [-0.2, -0.15) is 0 Å². The molecule has 1 aromatic carbocycles. The maximum Gasteiger partial charge on any atom is 0.203 e. The summed E-state index contributed by atoms with van der Waals surface area (Å²) in [5.74, 6) is 2.26. The second-order valence-corrected chi connectivity index (χ2v) is 3.93. The highest BCUT2D eigenvalue weighted by Crippen LogP contribution is 2.38. The topological polar surface area (TPSA) is 30.9 Å². The monoisotopic (exact) mass is 223 g/mol. The van der Waals surface area contributed by atoms with Crippen LogP contribution in [0.1, 0.15) is 0 Å². The molecule has 0 saturated heterocycles. The summed E-state index contributed by atoms with van der Waals surface area (Å²) < 4.78 is 16.7. The molecule has 2 rings (SSSR count). The molecule has 1 aromatic rings. The number of hydrogen-bond donors (Lipinski definition) is 0. The van der Waals surface area contributed by atoms with Gasteiger partial charge in [0.15, 0.2) is 11.5 Å². The van der Waals surface area contributed by atoms with Gasteiger partial charge in [0, 0.05) is 6.54 Å². The van der Waals surface area contributed by atoms with Gasteiger partial charge in [0.1, 0.15) is 19.8 Å². The number of benzene rings is 1. The van der Waals surface area contributed by atoms with Gasteiger partial charge in [-0.15, -0.1) is 0 Å². The van der Waals surface area contributed by atoms with Crippen molar-refractivity contribution in [2.24, 2.45) is 0 Å². The van der Waals surface area contributed by atoms with Crippen molar-refractivity contribution in [3.05, 3.63) is 18.2 Å². The van der Waals surface area contributed by atoms with Gasteiger partial charge < -0.3 is 19.1 Å². The fraction of sp³-hybridized carbons (Fsp3) is 0.500. The lowest BCUT2D eigenvalue weighted by atomic mass is 10.3. The zero-order valence-electron chi connectivity index (χ0n) is 9.73. The van der Waals surface area contributed by atoms with Crippen LogP contribution in [0.4, 0.5) is 0 Å². The number of fused-ring (bicyclic) bond motifs is 1. The molecule has 1 heterocycles. The predicted octanol–water partition coefficient (Wildman–Crippen LogP) is 1.40. The average molecular weight is 223 g/mol. The van der Waals surface area contributed by atoms with E-state index in [2.05, 4.69) is 4.90 Å². The van der Waals surface area contributed by atoms with E-state index in [0.717, 1.165) is 23.8 Å². The van der Waals surface area contributed by atoms with Crippen LogP contribution in [0.2, 0.25) is 0 Å². The maximum absolute atomic E-state index is 5.67. The first-order valence-corrected chi connectivity index (χ1v) is 5.43. The normalized spacial score (nSPS) is 13.9. The van der Waals surface area contributed by atoms with Crippen molar-refractivity contribution in [2.75, 3.05) is 40.5 Å². The third kappa shape index (κ3) is 2.58. The summed E-state index contributed by atoms with van der Waals surface area (Å²) in [6.45, 7) is 2.71. The number of nitrogens with zero attached hydrogens (tertiary/aromatic N) is 1. The molecular weight excluding hydrogens is 206 g/mol. The molecule has 4 heteroatoms. The molecule has 16 heavy (non-hydrogen) atoms. The van der Waals surface area contributed by atoms with Gasteiger partial charge >= 0.3 is 0 Å². The lowest BCUT2D eigenvalue weighted by molar-refractivity contribution is 0.160. The molecule has 1 aliphatic heterocycles. The summed E-state index contributed by atoms with van der Waals surface area (Å²) in [5, 5.41) is 0. The first kappa shape index (κ1) is 11.1. The summed E-state index contributed by atoms with van der Waals surface area (Å²) in [6.07, 6.45) is 0. The van der Waals surface area contributed by atoms with E-state index in [1.54, 1.807) is 0 Å². The van der Waals surface area contributed by atoms with E-state index in [-0.39, 0.29) is 0 Å². The van der Waals surface area contributed by atoms with Crippen LogP contribution >= 0.6 is 0 Å². The van der Waals surface area contributed by atoms with Gasteiger partial charge in [0.05, 0.1) is 0 Å². The Morgan fingerprint density at radius 3 is 2.88 bits per heavy atom. The smallest absolute Gasteiger partial charge is 0.203 e. The average Bonchev–Trinajstić information content (AvgIpc) is 2.29. The minimum Gasteiger partial charge on any atom is -0.488 e. The molecule has 0 saturated carbocycles. The molecule has 0 radical (unpaired) electrons. The standard InChI is InChI=1S/C12H17NO3/c1-13(2)6-7-14-10-4-3-5-11-12(10)16-9-8-15-11/h3-5H,6-9H2,1-2H3. The van der Waals surface area contributed by atoms with Crippen LogP contribution in [0.15, 0.2) is 18.2 Å². The fourth-order valence-corrected chi connectivity index (χ4v) is 1.50. The van der Waals surface area contributed by atoms with E-state index in [0.29, 0.717) is 19.8 Å². The zero-order chi connectivity index (χ0) is 11.4. The molecule has 0 unspecified atom stereocenters. The molecule has 1 aliphatic rings. The Morgan fingerprint density at radius 1 is 1.25 bits per heavy atom. The second-order valence-electron chi connectivity index (χ2n) is 3.93. The maximum atomic E-state index is 5.67. The van der Waals surface area contributed by atoms with Gasteiger partial charge in [-0.05, 0) is 26.2 Å². The van der Waals surface area contributed by atoms with Crippen LogP contribution in [0.3, 0.4) is 0 Å². The first-order valence-electron chi connectivity index (χ1n) is 5.43. The first-order chi connectivity index (χ1) is 7.77. The molecule has 0 aliphatic carbocycles. The van der Waals surface area contributed by atoms with Crippen LogP contribution in [-0.4, -0.2) is 45.4 Å². The molecule has 4 nitrogen and oxygen atoms in total. The van der Waals surface area contributed by atoms with Crippen molar-refractivity contribution in [3.63, 3.8) is 0 Å². The SMILES string of the molecule is CN(C)CCOc1cccc2c1OCCO2. The Kier molecular flexibility index (Phi) is 3.51. The van der Waals surface area contributed by atoms with Crippen molar-refractivity contribution >= 4 is 0 Å². The molecule has 0 spiro atoms. The molecule has 0 fully saturated rings. The van der Waals surface area contributed by atoms with Gasteiger partial charge in [0.2, 0.25) is 5.75 Å². The third-order valence-corrected chi connectivity index (χ3v) is 2.33. The van der Waals surface area contributed by atoms with Crippen LogP contribution in [0.5, 0.6) is 17.2 Å². The summed E-state index contributed by atoms with van der Waals surface area (Å²) >= 11 is 0. The lowest BCUT2D eigenvalue weighted by Crippen LogP contribution is -2.20. The van der Waals surface area contributed by atoms with E-state index in [9.17, 15) is 0 Å². The van der Waals surface area contributed by atoms with Crippen molar-refractivity contribution in [1.82, 2.24) is 4.90 Å². The molecular formula is C12H17NO3. The number of para-hydroxylation sites is 1. The lowest BCUT2D eigenvalue weighted by Gasteiger charge is -2.21. The number of hydrogen-bond acceptors (Lipinski definition) is 4. The third-order valence-electron chi connectivity index (χ3n) is 2.33. The Bertz CT molecular complexity index is 352. The highest BCUT2D eigenvalue weighted by Gasteiger charge is 2.16. The Hall–Kier alpha value is -1.42. The van der Waals surface area contributed by atoms with Crippen molar-refractivity contribution in [2.45, 2.75) is 0 Å². The van der Waals surface area contributed by atoms with E-state index in [1.165, 1.54) is 0 Å². The van der Waals surface area contributed by atoms with Gasteiger partial charge in [-0.25, -0.2) is 0 Å². The fourth-order valence-electron chi connectivity index (χ4n) is 1.50. The predicted molar refractivity (Wildman–Crippen MR) is 61.5 cm³/mol. The van der Waals surface area contributed by atoms with E-state index >= 15 is 0 Å². The largest absolute Gasteiger partial charge is 0.488 e. The summed E-state index contributed by atoms with van der Waals surface area (Å²) in [4.78, 5) is 2.08. The van der Waals surface area contributed by atoms with Crippen LogP contribution in [-0.2, 0) is 0 Å². The van der Waals surface area contributed by atoms with Gasteiger partial charge in [0.25, 0.3) is 0 Å². The molecule has 0 N–H and O–H groups in total. The van der Waals surface area contributed by atoms with E-state index < -0.39 is 0 Å². The highest BCUT2D eigenvalue weighted by molar-refractivity contribution is 5.51. The zero-order valence-corrected chi connectivity index (χ0v) is 9.73. The molecule has 0 bridgehead atoms. The molecule has 0 amide bonds. The summed E-state index contributed by atoms with van der Waals surface area (Å²) in [5.41, 5.74) is 0.